The summed E-state index contributed by atoms with van der Waals surface area (Å²) in [7, 11) is 0. The molecule has 0 saturated carbocycles. The van der Waals surface area contributed by atoms with E-state index in [0.717, 1.165) is 11.8 Å². The number of nitrogens with one attached hydrogen (secondary N) is 1. The van der Waals surface area contributed by atoms with Crippen LogP contribution in [-0.4, -0.2) is 18.1 Å². The van der Waals surface area contributed by atoms with Gasteiger partial charge in [-0.15, -0.1) is 0 Å². The van der Waals surface area contributed by atoms with E-state index in [1.54, 1.807) is 0 Å². The zero-order chi connectivity index (χ0) is 12.0. The normalized spacial score (nSPS) is 14.8. The van der Waals surface area contributed by atoms with E-state index in [4.69, 9.17) is 0 Å². The van der Waals surface area contributed by atoms with Crippen LogP contribution in [0.15, 0.2) is 28.7 Å². The van der Waals surface area contributed by atoms with Gasteiger partial charge in [-0.2, -0.15) is 11.8 Å². The topological polar surface area (TPSA) is 12.0 Å². The molecule has 0 aliphatic heterocycles. The lowest BCUT2D eigenvalue weighted by Gasteiger charge is -2.17. The van der Waals surface area contributed by atoms with Crippen LogP contribution in [0.2, 0.25) is 0 Å². The minimum Gasteiger partial charge on any atom is -0.310 e. The summed E-state index contributed by atoms with van der Waals surface area (Å²) in [5.74, 6) is 0. The molecule has 0 fully saturated rings. The van der Waals surface area contributed by atoms with Gasteiger partial charge >= 0.3 is 0 Å². The first kappa shape index (κ1) is 14.1. The first-order valence-corrected chi connectivity index (χ1v) is 7.74. The third-order valence-corrected chi connectivity index (χ3v) is 4.54. The quantitative estimate of drug-likeness (QED) is 0.843. The van der Waals surface area contributed by atoms with Crippen molar-refractivity contribution in [2.24, 2.45) is 0 Å². The van der Waals surface area contributed by atoms with E-state index in [9.17, 15) is 0 Å². The van der Waals surface area contributed by atoms with Gasteiger partial charge in [0.2, 0.25) is 0 Å². The van der Waals surface area contributed by atoms with Crippen molar-refractivity contribution in [3.63, 3.8) is 0 Å². The Morgan fingerprint density at radius 1 is 1.31 bits per heavy atom. The highest BCUT2D eigenvalue weighted by Gasteiger charge is 2.08. The SMILES string of the molecule is CSC(C)CCNC(C)c1ccccc1Br. The van der Waals surface area contributed by atoms with Gasteiger partial charge in [0.05, 0.1) is 0 Å². The third kappa shape index (κ3) is 4.48. The van der Waals surface area contributed by atoms with Gasteiger partial charge in [0, 0.05) is 15.8 Å². The summed E-state index contributed by atoms with van der Waals surface area (Å²) in [6.45, 7) is 5.56. The molecule has 0 saturated heterocycles. The molecule has 90 valence electrons. The summed E-state index contributed by atoms with van der Waals surface area (Å²) in [5, 5.41) is 4.30. The molecule has 3 heteroatoms. The monoisotopic (exact) mass is 301 g/mol. The smallest absolute Gasteiger partial charge is 0.0302 e. The molecule has 1 aromatic carbocycles. The predicted octanol–water partition coefficient (Wildman–Crippen LogP) is 4.24. The van der Waals surface area contributed by atoms with Crippen LogP contribution in [-0.2, 0) is 0 Å². The molecule has 1 N–H and O–H groups in total. The number of benzene rings is 1. The Morgan fingerprint density at radius 3 is 2.62 bits per heavy atom. The summed E-state index contributed by atoms with van der Waals surface area (Å²) in [6.07, 6.45) is 3.39. The lowest BCUT2D eigenvalue weighted by atomic mass is 10.1. The molecule has 0 radical (unpaired) electrons. The van der Waals surface area contributed by atoms with Crippen molar-refractivity contribution >= 4 is 27.7 Å². The number of hydrogen-bond acceptors (Lipinski definition) is 2. The van der Waals surface area contributed by atoms with E-state index in [2.05, 4.69) is 65.6 Å². The third-order valence-electron chi connectivity index (χ3n) is 2.78. The van der Waals surface area contributed by atoms with Gasteiger partial charge in [0.25, 0.3) is 0 Å². The highest BCUT2D eigenvalue weighted by Crippen LogP contribution is 2.22. The fourth-order valence-electron chi connectivity index (χ4n) is 1.56. The van der Waals surface area contributed by atoms with Crippen LogP contribution >= 0.6 is 27.7 Å². The van der Waals surface area contributed by atoms with Crippen LogP contribution in [0.3, 0.4) is 0 Å². The van der Waals surface area contributed by atoms with Gasteiger partial charge < -0.3 is 5.32 Å². The Bertz CT molecular complexity index is 317. The molecular weight excluding hydrogens is 282 g/mol. The van der Waals surface area contributed by atoms with E-state index >= 15 is 0 Å². The Balaban J connectivity index is 2.41. The highest BCUT2D eigenvalue weighted by molar-refractivity contribution is 9.10. The van der Waals surface area contributed by atoms with Crippen LogP contribution in [0.4, 0.5) is 0 Å². The van der Waals surface area contributed by atoms with E-state index in [-0.39, 0.29) is 0 Å². The maximum absolute atomic E-state index is 3.59. The summed E-state index contributed by atoms with van der Waals surface area (Å²) in [4.78, 5) is 0. The molecule has 0 aliphatic rings. The van der Waals surface area contributed by atoms with Crippen LogP contribution < -0.4 is 5.32 Å². The lowest BCUT2D eigenvalue weighted by molar-refractivity contribution is 0.556. The predicted molar refractivity (Wildman–Crippen MR) is 78.2 cm³/mol. The number of hydrogen-bond donors (Lipinski definition) is 1. The van der Waals surface area contributed by atoms with Gasteiger partial charge in [-0.3, -0.25) is 0 Å². The number of thioether (sulfide) groups is 1. The van der Waals surface area contributed by atoms with E-state index < -0.39 is 0 Å². The van der Waals surface area contributed by atoms with Crippen molar-refractivity contribution in [3.8, 4) is 0 Å². The second-order valence-electron chi connectivity index (χ2n) is 4.03. The lowest BCUT2D eigenvalue weighted by Crippen LogP contribution is -2.22. The molecular formula is C13H20BrNS. The van der Waals surface area contributed by atoms with Crippen LogP contribution in [0.1, 0.15) is 31.9 Å². The van der Waals surface area contributed by atoms with Crippen molar-refractivity contribution < 1.29 is 0 Å². The Kier molecular flexibility index (Phi) is 6.47. The average molecular weight is 302 g/mol. The molecule has 1 aromatic rings. The molecule has 0 spiro atoms. The fraction of sp³-hybridized carbons (Fsp3) is 0.538. The van der Waals surface area contributed by atoms with Gasteiger partial charge in [-0.25, -0.2) is 0 Å². The van der Waals surface area contributed by atoms with Crippen molar-refractivity contribution in [1.82, 2.24) is 5.32 Å². The zero-order valence-corrected chi connectivity index (χ0v) is 12.6. The molecule has 0 amide bonds. The average Bonchev–Trinajstić information content (AvgIpc) is 2.29. The number of halogens is 1. The van der Waals surface area contributed by atoms with Gasteiger partial charge in [0.1, 0.15) is 0 Å². The molecule has 0 aliphatic carbocycles. The van der Waals surface area contributed by atoms with Gasteiger partial charge in [-0.1, -0.05) is 41.1 Å². The second-order valence-corrected chi connectivity index (χ2v) is 6.16. The number of rotatable bonds is 6. The van der Waals surface area contributed by atoms with E-state index in [1.165, 1.54) is 16.5 Å². The zero-order valence-electron chi connectivity index (χ0n) is 10.2. The largest absolute Gasteiger partial charge is 0.310 e. The molecule has 0 aromatic heterocycles. The van der Waals surface area contributed by atoms with Crippen molar-refractivity contribution in [3.05, 3.63) is 34.3 Å². The molecule has 0 heterocycles. The highest BCUT2D eigenvalue weighted by atomic mass is 79.9. The van der Waals surface area contributed by atoms with Crippen LogP contribution in [0.25, 0.3) is 0 Å². The summed E-state index contributed by atoms with van der Waals surface area (Å²) in [6, 6.07) is 8.81. The second kappa shape index (κ2) is 7.36. The first-order valence-electron chi connectivity index (χ1n) is 5.65. The Morgan fingerprint density at radius 2 is 2.00 bits per heavy atom. The summed E-state index contributed by atoms with van der Waals surface area (Å²) >= 11 is 5.51. The van der Waals surface area contributed by atoms with Crippen molar-refractivity contribution in [2.45, 2.75) is 31.6 Å². The van der Waals surface area contributed by atoms with E-state index in [0.29, 0.717) is 6.04 Å². The summed E-state index contributed by atoms with van der Waals surface area (Å²) < 4.78 is 1.19. The molecule has 2 unspecified atom stereocenters. The first-order chi connectivity index (χ1) is 7.65. The van der Waals surface area contributed by atoms with Crippen LogP contribution in [0.5, 0.6) is 0 Å². The minimum absolute atomic E-state index is 0.407. The Hall–Kier alpha value is 0.01000. The van der Waals surface area contributed by atoms with Gasteiger partial charge in [-0.05, 0) is 37.8 Å². The molecule has 0 bridgehead atoms. The fourth-order valence-corrected chi connectivity index (χ4v) is 2.54. The van der Waals surface area contributed by atoms with Crippen LogP contribution in [0, 0.1) is 0 Å². The Labute approximate surface area is 112 Å². The van der Waals surface area contributed by atoms with Gasteiger partial charge in [0.15, 0.2) is 0 Å². The van der Waals surface area contributed by atoms with Crippen molar-refractivity contribution in [2.75, 3.05) is 12.8 Å². The molecule has 1 rings (SSSR count). The minimum atomic E-state index is 0.407. The van der Waals surface area contributed by atoms with Crippen molar-refractivity contribution in [1.29, 1.82) is 0 Å². The maximum Gasteiger partial charge on any atom is 0.0302 e. The van der Waals surface area contributed by atoms with E-state index in [1.807, 2.05) is 11.8 Å². The maximum atomic E-state index is 3.59. The standard InChI is InChI=1S/C13H20BrNS/c1-10(16-3)8-9-15-11(2)12-6-4-5-7-13(12)14/h4-7,10-11,15H,8-9H2,1-3H3. The molecule has 16 heavy (non-hydrogen) atoms. The molecule has 1 nitrogen and oxygen atoms in total. The molecule has 2 atom stereocenters. The summed E-state index contributed by atoms with van der Waals surface area (Å²) in [5.41, 5.74) is 1.33.